The summed E-state index contributed by atoms with van der Waals surface area (Å²) in [5.74, 6) is -0.184. The van der Waals surface area contributed by atoms with E-state index in [9.17, 15) is 4.79 Å². The number of carbonyl (C=O) groups excluding carboxylic acids is 1. The van der Waals surface area contributed by atoms with E-state index in [1.807, 2.05) is 6.07 Å². The molecule has 0 amide bonds. The Kier molecular flexibility index (Phi) is 3.05. The Labute approximate surface area is 90.3 Å². The maximum Gasteiger partial charge on any atom is 0.303 e. The van der Waals surface area contributed by atoms with Crippen LogP contribution in [0.2, 0.25) is 0 Å². The highest BCUT2D eigenvalue weighted by Crippen LogP contribution is 2.31. The maximum absolute atomic E-state index is 11.0. The molecule has 1 atom stereocenters. The lowest BCUT2D eigenvalue weighted by molar-refractivity contribution is -0.147. The van der Waals surface area contributed by atoms with Gasteiger partial charge in [0.1, 0.15) is 6.10 Å². The summed E-state index contributed by atoms with van der Waals surface area (Å²) in [5, 5.41) is 0. The van der Waals surface area contributed by atoms with Crippen molar-refractivity contribution in [2.24, 2.45) is 0 Å². The topological polar surface area (TPSA) is 26.3 Å². The summed E-state index contributed by atoms with van der Waals surface area (Å²) >= 11 is 0. The zero-order chi connectivity index (χ0) is 10.7. The molecule has 1 aromatic carbocycles. The number of hydrogen-bond donors (Lipinski definition) is 0. The summed E-state index contributed by atoms with van der Waals surface area (Å²) in [7, 11) is 0. The van der Waals surface area contributed by atoms with E-state index < -0.39 is 0 Å². The molecular weight excluding hydrogens is 188 g/mol. The largest absolute Gasteiger partial charge is 0.458 e. The summed E-state index contributed by atoms with van der Waals surface area (Å²) in [6.45, 7) is 1.48. The van der Waals surface area contributed by atoms with Crippen molar-refractivity contribution < 1.29 is 9.53 Å². The van der Waals surface area contributed by atoms with Crippen molar-refractivity contribution in [3.05, 3.63) is 35.4 Å². The molecule has 1 aromatic rings. The number of rotatable bonds is 1. The van der Waals surface area contributed by atoms with Crippen molar-refractivity contribution in [3.8, 4) is 0 Å². The van der Waals surface area contributed by atoms with Crippen molar-refractivity contribution in [1.82, 2.24) is 0 Å². The highest BCUT2D eigenvalue weighted by Gasteiger charge is 2.20. The van der Waals surface area contributed by atoms with Crippen molar-refractivity contribution in [2.45, 2.75) is 38.7 Å². The Morgan fingerprint density at radius 3 is 2.93 bits per heavy atom. The van der Waals surface area contributed by atoms with Gasteiger partial charge in [0, 0.05) is 6.92 Å². The second-order valence-electron chi connectivity index (χ2n) is 4.04. The van der Waals surface area contributed by atoms with E-state index in [4.69, 9.17) is 4.74 Å². The smallest absolute Gasteiger partial charge is 0.303 e. The standard InChI is InChI=1S/C13H16O2/c1-10(14)15-13-9-5-3-7-11-6-2-4-8-12(11)13/h2,4,6,8,13H,3,5,7,9H2,1H3. The lowest BCUT2D eigenvalue weighted by Crippen LogP contribution is -2.08. The Balaban J connectivity index is 2.28. The van der Waals surface area contributed by atoms with E-state index in [-0.39, 0.29) is 12.1 Å². The van der Waals surface area contributed by atoms with Gasteiger partial charge in [-0.1, -0.05) is 24.3 Å². The first-order chi connectivity index (χ1) is 7.27. The predicted molar refractivity (Wildman–Crippen MR) is 58.5 cm³/mol. The minimum atomic E-state index is -0.184. The van der Waals surface area contributed by atoms with Crippen LogP contribution in [0, 0.1) is 0 Å². The zero-order valence-electron chi connectivity index (χ0n) is 9.03. The van der Waals surface area contributed by atoms with Crippen LogP contribution >= 0.6 is 0 Å². The number of esters is 1. The summed E-state index contributed by atoms with van der Waals surface area (Å²) in [5.41, 5.74) is 2.53. The number of carbonyl (C=O) groups is 1. The van der Waals surface area contributed by atoms with Crippen LogP contribution in [0.25, 0.3) is 0 Å². The van der Waals surface area contributed by atoms with Crippen LogP contribution in [0.4, 0.5) is 0 Å². The first-order valence-electron chi connectivity index (χ1n) is 5.52. The van der Waals surface area contributed by atoms with Crippen molar-refractivity contribution in [1.29, 1.82) is 0 Å². The molecule has 0 saturated carbocycles. The Bertz CT molecular complexity index is 357. The van der Waals surface area contributed by atoms with E-state index in [2.05, 4.69) is 18.2 Å². The summed E-state index contributed by atoms with van der Waals surface area (Å²) in [6.07, 6.45) is 4.35. The van der Waals surface area contributed by atoms with Gasteiger partial charge in [0.15, 0.2) is 0 Å². The molecule has 1 aliphatic carbocycles. The molecule has 2 nitrogen and oxygen atoms in total. The number of ether oxygens (including phenoxy) is 1. The summed E-state index contributed by atoms with van der Waals surface area (Å²) in [4.78, 5) is 11.0. The molecule has 0 bridgehead atoms. The molecule has 1 aliphatic rings. The molecule has 1 unspecified atom stereocenters. The van der Waals surface area contributed by atoms with Crippen LogP contribution in [0.5, 0.6) is 0 Å². The molecule has 2 rings (SSSR count). The van der Waals surface area contributed by atoms with Gasteiger partial charge in [0.25, 0.3) is 0 Å². The van der Waals surface area contributed by atoms with E-state index in [1.165, 1.54) is 24.5 Å². The van der Waals surface area contributed by atoms with Gasteiger partial charge < -0.3 is 4.74 Å². The van der Waals surface area contributed by atoms with E-state index >= 15 is 0 Å². The number of fused-ring (bicyclic) bond motifs is 1. The molecule has 0 aliphatic heterocycles. The molecule has 80 valence electrons. The quantitative estimate of drug-likeness (QED) is 0.519. The Morgan fingerprint density at radius 2 is 2.13 bits per heavy atom. The number of benzene rings is 1. The number of aryl methyl sites for hydroxylation is 1. The summed E-state index contributed by atoms with van der Waals surface area (Å²) < 4.78 is 5.36. The lowest BCUT2D eigenvalue weighted by atomic mass is 10.0. The van der Waals surface area contributed by atoms with E-state index in [1.54, 1.807) is 0 Å². The minimum Gasteiger partial charge on any atom is -0.458 e. The molecule has 0 saturated heterocycles. The normalized spacial score (nSPS) is 20.2. The van der Waals surface area contributed by atoms with Crippen molar-refractivity contribution >= 4 is 5.97 Å². The SMILES string of the molecule is CC(=O)OC1CCCCc2ccccc21. The van der Waals surface area contributed by atoms with Gasteiger partial charge in [-0.15, -0.1) is 0 Å². The third-order valence-electron chi connectivity index (χ3n) is 2.87. The van der Waals surface area contributed by atoms with Gasteiger partial charge in [-0.25, -0.2) is 0 Å². The van der Waals surface area contributed by atoms with Crippen molar-refractivity contribution in [3.63, 3.8) is 0 Å². The third kappa shape index (κ3) is 2.38. The number of hydrogen-bond acceptors (Lipinski definition) is 2. The second kappa shape index (κ2) is 4.47. The average Bonchev–Trinajstić information content (AvgIpc) is 2.41. The Morgan fingerprint density at radius 1 is 1.33 bits per heavy atom. The average molecular weight is 204 g/mol. The predicted octanol–water partition coefficient (Wildman–Crippen LogP) is 3.02. The van der Waals surface area contributed by atoms with Gasteiger partial charge >= 0.3 is 5.97 Å². The van der Waals surface area contributed by atoms with Gasteiger partial charge in [0.05, 0.1) is 0 Å². The molecule has 0 N–H and O–H groups in total. The molecule has 0 spiro atoms. The maximum atomic E-state index is 11.0. The van der Waals surface area contributed by atoms with Crippen LogP contribution in [0.1, 0.15) is 43.4 Å². The molecule has 0 aromatic heterocycles. The van der Waals surface area contributed by atoms with Crippen LogP contribution in [0.3, 0.4) is 0 Å². The fourth-order valence-electron chi connectivity index (χ4n) is 2.20. The van der Waals surface area contributed by atoms with E-state index in [0.717, 1.165) is 19.3 Å². The van der Waals surface area contributed by atoms with Crippen LogP contribution < -0.4 is 0 Å². The van der Waals surface area contributed by atoms with Crippen molar-refractivity contribution in [2.75, 3.05) is 0 Å². The monoisotopic (exact) mass is 204 g/mol. The highest BCUT2D eigenvalue weighted by molar-refractivity contribution is 5.66. The minimum absolute atomic E-state index is 0.0267. The molecule has 0 fully saturated rings. The fourth-order valence-corrected chi connectivity index (χ4v) is 2.20. The molecule has 15 heavy (non-hydrogen) atoms. The second-order valence-corrected chi connectivity index (χ2v) is 4.04. The summed E-state index contributed by atoms with van der Waals surface area (Å²) in [6, 6.07) is 8.28. The van der Waals surface area contributed by atoms with Crippen LogP contribution in [0.15, 0.2) is 24.3 Å². The first-order valence-corrected chi connectivity index (χ1v) is 5.52. The van der Waals surface area contributed by atoms with E-state index in [0.29, 0.717) is 0 Å². The van der Waals surface area contributed by atoms with Crippen LogP contribution in [-0.2, 0) is 16.0 Å². The third-order valence-corrected chi connectivity index (χ3v) is 2.87. The van der Waals surface area contributed by atoms with Crippen LogP contribution in [-0.4, -0.2) is 5.97 Å². The molecule has 0 heterocycles. The first kappa shape index (κ1) is 10.2. The van der Waals surface area contributed by atoms with Gasteiger partial charge in [-0.05, 0) is 36.8 Å². The lowest BCUT2D eigenvalue weighted by Gasteiger charge is -2.17. The molecular formula is C13H16O2. The van der Waals surface area contributed by atoms with Gasteiger partial charge in [0.2, 0.25) is 0 Å². The van der Waals surface area contributed by atoms with Gasteiger partial charge in [-0.3, -0.25) is 4.79 Å². The Hall–Kier alpha value is -1.31. The molecule has 0 radical (unpaired) electrons. The fraction of sp³-hybridized carbons (Fsp3) is 0.462. The van der Waals surface area contributed by atoms with Gasteiger partial charge in [-0.2, -0.15) is 0 Å². The molecule has 2 heteroatoms. The highest BCUT2D eigenvalue weighted by atomic mass is 16.5. The zero-order valence-corrected chi connectivity index (χ0v) is 9.03.